The molecule has 1 aromatic rings. The van der Waals surface area contributed by atoms with Crippen molar-refractivity contribution < 1.29 is 23.0 Å². The zero-order valence-electron chi connectivity index (χ0n) is 10.2. The van der Waals surface area contributed by atoms with E-state index in [-0.39, 0.29) is 6.61 Å². The molecule has 0 aromatic heterocycles. The van der Waals surface area contributed by atoms with E-state index in [9.17, 15) is 13.6 Å². The Morgan fingerprint density at radius 3 is 2.44 bits per heavy atom. The molecule has 0 aliphatic rings. The number of ether oxygens (including phenoxy) is 2. The van der Waals surface area contributed by atoms with Crippen LogP contribution >= 0.6 is 0 Å². The quantitative estimate of drug-likeness (QED) is 0.760. The number of hydrogen-bond donors (Lipinski definition) is 0. The lowest BCUT2D eigenvalue weighted by Crippen LogP contribution is -2.28. The molecular formula is C13H14F2O3. The SMILES string of the molecule is CCOC(=O)C(F)(F)/C=C\c1ccc(OC)cc1. The van der Waals surface area contributed by atoms with Crippen molar-refractivity contribution in [1.82, 2.24) is 0 Å². The number of rotatable bonds is 5. The lowest BCUT2D eigenvalue weighted by atomic mass is 10.2. The zero-order chi connectivity index (χ0) is 13.6. The summed E-state index contributed by atoms with van der Waals surface area (Å²) in [7, 11) is 1.51. The number of carbonyl (C=O) groups excluding carboxylic acids is 1. The summed E-state index contributed by atoms with van der Waals surface area (Å²) in [6.07, 6.45) is 1.68. The Morgan fingerprint density at radius 2 is 1.94 bits per heavy atom. The van der Waals surface area contributed by atoms with Gasteiger partial charge >= 0.3 is 11.9 Å². The molecule has 98 valence electrons. The van der Waals surface area contributed by atoms with Gasteiger partial charge in [-0.05, 0) is 30.7 Å². The summed E-state index contributed by atoms with van der Waals surface area (Å²) >= 11 is 0. The maximum absolute atomic E-state index is 13.2. The van der Waals surface area contributed by atoms with Crippen molar-refractivity contribution in [3.8, 4) is 5.75 Å². The van der Waals surface area contributed by atoms with Gasteiger partial charge in [-0.25, -0.2) is 4.79 Å². The molecule has 0 radical (unpaired) electrons. The third-order valence-corrected chi connectivity index (χ3v) is 2.15. The highest BCUT2D eigenvalue weighted by atomic mass is 19.3. The second-order valence-electron chi connectivity index (χ2n) is 3.45. The highest BCUT2D eigenvalue weighted by Crippen LogP contribution is 2.20. The molecule has 0 N–H and O–H groups in total. The van der Waals surface area contributed by atoms with E-state index in [4.69, 9.17) is 4.74 Å². The molecule has 0 fully saturated rings. The number of halogens is 2. The molecule has 1 rings (SSSR count). The molecule has 3 nitrogen and oxygen atoms in total. The van der Waals surface area contributed by atoms with E-state index in [2.05, 4.69) is 4.74 Å². The van der Waals surface area contributed by atoms with Gasteiger partial charge in [0.25, 0.3) is 0 Å². The largest absolute Gasteiger partial charge is 0.497 e. The van der Waals surface area contributed by atoms with E-state index in [0.717, 1.165) is 6.08 Å². The molecule has 0 bridgehead atoms. The fourth-order valence-corrected chi connectivity index (χ4v) is 1.21. The third kappa shape index (κ3) is 3.84. The van der Waals surface area contributed by atoms with Gasteiger partial charge in [-0.1, -0.05) is 18.2 Å². The van der Waals surface area contributed by atoms with Crippen LogP contribution in [0.15, 0.2) is 30.3 Å². The van der Waals surface area contributed by atoms with Crippen molar-refractivity contribution in [2.45, 2.75) is 12.8 Å². The smallest absolute Gasteiger partial charge is 0.381 e. The van der Waals surface area contributed by atoms with E-state index in [1.807, 2.05) is 0 Å². The van der Waals surface area contributed by atoms with Crippen LogP contribution in [0.5, 0.6) is 5.75 Å². The summed E-state index contributed by atoms with van der Waals surface area (Å²) < 4.78 is 35.7. The summed E-state index contributed by atoms with van der Waals surface area (Å²) in [6.45, 7) is 1.39. The van der Waals surface area contributed by atoms with E-state index < -0.39 is 11.9 Å². The van der Waals surface area contributed by atoms with E-state index in [0.29, 0.717) is 17.4 Å². The van der Waals surface area contributed by atoms with Crippen LogP contribution in [0.2, 0.25) is 0 Å². The second-order valence-corrected chi connectivity index (χ2v) is 3.45. The molecular weight excluding hydrogens is 242 g/mol. The molecule has 18 heavy (non-hydrogen) atoms. The predicted molar refractivity (Wildman–Crippen MR) is 63.6 cm³/mol. The predicted octanol–water partition coefficient (Wildman–Crippen LogP) is 2.91. The molecule has 0 heterocycles. The minimum Gasteiger partial charge on any atom is -0.497 e. The highest BCUT2D eigenvalue weighted by molar-refractivity contribution is 5.81. The van der Waals surface area contributed by atoms with Gasteiger partial charge in [0.2, 0.25) is 0 Å². The van der Waals surface area contributed by atoms with Gasteiger partial charge < -0.3 is 9.47 Å². The standard InChI is InChI=1S/C13H14F2O3/c1-3-18-12(16)13(14,15)9-8-10-4-6-11(17-2)7-5-10/h4-9H,3H2,1-2H3/b9-8-. The van der Waals surface area contributed by atoms with Crippen LogP contribution in [0, 0.1) is 0 Å². The minimum absolute atomic E-state index is 0.0786. The normalized spacial score (nSPS) is 11.6. The first kappa shape index (κ1) is 14.2. The van der Waals surface area contributed by atoms with Crippen LogP contribution in [-0.4, -0.2) is 25.6 Å². The van der Waals surface area contributed by atoms with E-state index in [1.54, 1.807) is 24.3 Å². The number of carbonyl (C=O) groups is 1. The van der Waals surface area contributed by atoms with Gasteiger partial charge in [-0.15, -0.1) is 0 Å². The van der Waals surface area contributed by atoms with Crippen molar-refractivity contribution in [2.24, 2.45) is 0 Å². The first-order valence-corrected chi connectivity index (χ1v) is 5.38. The topological polar surface area (TPSA) is 35.5 Å². The Hall–Kier alpha value is -1.91. The Labute approximate surface area is 104 Å². The van der Waals surface area contributed by atoms with Crippen LogP contribution < -0.4 is 4.74 Å². The van der Waals surface area contributed by atoms with Crippen molar-refractivity contribution in [3.05, 3.63) is 35.9 Å². The molecule has 1 aromatic carbocycles. The maximum atomic E-state index is 13.2. The number of benzene rings is 1. The number of alkyl halides is 2. The van der Waals surface area contributed by atoms with Crippen molar-refractivity contribution in [2.75, 3.05) is 13.7 Å². The molecule has 0 unspecified atom stereocenters. The van der Waals surface area contributed by atoms with Crippen molar-refractivity contribution in [3.63, 3.8) is 0 Å². The van der Waals surface area contributed by atoms with Crippen LogP contribution in [0.25, 0.3) is 6.08 Å². The highest BCUT2D eigenvalue weighted by Gasteiger charge is 2.37. The fourth-order valence-electron chi connectivity index (χ4n) is 1.21. The summed E-state index contributed by atoms with van der Waals surface area (Å²) in [6, 6.07) is 6.50. The molecule has 0 spiro atoms. The van der Waals surface area contributed by atoms with Crippen molar-refractivity contribution in [1.29, 1.82) is 0 Å². The van der Waals surface area contributed by atoms with Crippen LogP contribution in [-0.2, 0) is 9.53 Å². The number of hydrogen-bond acceptors (Lipinski definition) is 3. The Bertz CT molecular complexity index is 424. The van der Waals surface area contributed by atoms with Gasteiger partial charge in [-0.2, -0.15) is 8.78 Å². The van der Waals surface area contributed by atoms with Gasteiger partial charge in [0.05, 0.1) is 13.7 Å². The van der Waals surface area contributed by atoms with Crippen LogP contribution in [0.4, 0.5) is 8.78 Å². The molecule has 5 heteroatoms. The fraction of sp³-hybridized carbons (Fsp3) is 0.308. The van der Waals surface area contributed by atoms with Gasteiger partial charge in [0.15, 0.2) is 0 Å². The van der Waals surface area contributed by atoms with Gasteiger partial charge in [-0.3, -0.25) is 0 Å². The molecule has 0 saturated carbocycles. The monoisotopic (exact) mass is 256 g/mol. The van der Waals surface area contributed by atoms with Gasteiger partial charge in [0, 0.05) is 0 Å². The van der Waals surface area contributed by atoms with Crippen molar-refractivity contribution >= 4 is 12.0 Å². The Balaban J connectivity index is 2.75. The third-order valence-electron chi connectivity index (χ3n) is 2.15. The molecule has 0 atom stereocenters. The van der Waals surface area contributed by atoms with E-state index in [1.165, 1.54) is 14.0 Å². The first-order valence-electron chi connectivity index (χ1n) is 5.38. The molecule has 0 aliphatic heterocycles. The second kappa shape index (κ2) is 6.14. The number of methoxy groups -OCH3 is 1. The maximum Gasteiger partial charge on any atom is 0.381 e. The zero-order valence-corrected chi connectivity index (χ0v) is 10.2. The summed E-state index contributed by atoms with van der Waals surface area (Å²) in [5.41, 5.74) is 0.541. The average Bonchev–Trinajstić information content (AvgIpc) is 2.37. The Morgan fingerprint density at radius 1 is 1.33 bits per heavy atom. The number of esters is 1. The lowest BCUT2D eigenvalue weighted by Gasteiger charge is -2.09. The summed E-state index contributed by atoms with van der Waals surface area (Å²) in [5.74, 6) is -4.53. The lowest BCUT2D eigenvalue weighted by molar-refractivity contribution is -0.164. The van der Waals surface area contributed by atoms with Crippen LogP contribution in [0.3, 0.4) is 0 Å². The van der Waals surface area contributed by atoms with E-state index >= 15 is 0 Å². The van der Waals surface area contributed by atoms with Gasteiger partial charge in [0.1, 0.15) is 5.75 Å². The molecule has 0 amide bonds. The van der Waals surface area contributed by atoms with Crippen LogP contribution in [0.1, 0.15) is 12.5 Å². The summed E-state index contributed by atoms with van der Waals surface area (Å²) in [5, 5.41) is 0. The summed E-state index contributed by atoms with van der Waals surface area (Å²) in [4.78, 5) is 10.9. The Kier molecular flexibility index (Phi) is 4.83. The molecule has 0 saturated heterocycles. The average molecular weight is 256 g/mol. The minimum atomic E-state index is -3.62. The first-order chi connectivity index (χ1) is 8.49. The molecule has 0 aliphatic carbocycles.